The first-order valence-electron chi connectivity index (χ1n) is 2.11. The summed E-state index contributed by atoms with van der Waals surface area (Å²) in [5.41, 5.74) is 0. The minimum absolute atomic E-state index is 0.795. The summed E-state index contributed by atoms with van der Waals surface area (Å²) in [6.45, 7) is 3.39. The van der Waals surface area contributed by atoms with Gasteiger partial charge in [0.05, 0.1) is 0 Å². The number of allylic oxidation sites excluding steroid dienone is 2. The Hall–Kier alpha value is 0.400. The number of hydrogen-bond donors (Lipinski definition) is 0. The standard InChI is InChI=1S/C5H8FI/c1-4(6)3-5(2)7/h3-4H,1-2H3/b5-3-/t4-/m1/s1. The summed E-state index contributed by atoms with van der Waals surface area (Å²) < 4.78 is 12.9. The van der Waals surface area contributed by atoms with Crippen molar-refractivity contribution in [3.63, 3.8) is 0 Å². The molecule has 0 fully saturated rings. The highest BCUT2D eigenvalue weighted by Crippen LogP contribution is 2.05. The summed E-state index contributed by atoms with van der Waals surface area (Å²) in [7, 11) is 0. The van der Waals surface area contributed by atoms with Gasteiger partial charge in [0.15, 0.2) is 0 Å². The molecular weight excluding hydrogens is 206 g/mol. The van der Waals surface area contributed by atoms with Gasteiger partial charge in [-0.2, -0.15) is 0 Å². The van der Waals surface area contributed by atoms with Crippen LogP contribution in [0.3, 0.4) is 0 Å². The Balaban J connectivity index is 3.45. The van der Waals surface area contributed by atoms with Crippen LogP contribution in [0.25, 0.3) is 0 Å². The predicted molar refractivity (Wildman–Crippen MR) is 38.3 cm³/mol. The fraction of sp³-hybridized carbons (Fsp3) is 0.600. The van der Waals surface area contributed by atoms with E-state index in [2.05, 4.69) is 22.6 Å². The Kier molecular flexibility index (Phi) is 3.60. The molecule has 0 unspecified atom stereocenters. The Morgan fingerprint density at radius 2 is 2.29 bits per heavy atom. The van der Waals surface area contributed by atoms with Crippen LogP contribution in [0.4, 0.5) is 4.39 Å². The highest BCUT2D eigenvalue weighted by atomic mass is 127. The van der Waals surface area contributed by atoms with Gasteiger partial charge in [-0.1, -0.05) is 0 Å². The molecule has 0 aromatic heterocycles. The Labute approximate surface area is 56.9 Å². The third kappa shape index (κ3) is 6.40. The van der Waals surface area contributed by atoms with E-state index in [4.69, 9.17) is 0 Å². The first kappa shape index (κ1) is 7.40. The van der Waals surface area contributed by atoms with Crippen LogP contribution in [0.15, 0.2) is 9.66 Å². The second-order valence-corrected chi connectivity index (χ2v) is 3.13. The molecule has 0 amide bonds. The fourth-order valence-corrected chi connectivity index (χ4v) is 0.812. The van der Waals surface area contributed by atoms with E-state index in [0.717, 1.165) is 3.58 Å². The molecule has 2 heteroatoms. The molecule has 0 aliphatic heterocycles. The van der Waals surface area contributed by atoms with E-state index in [1.807, 2.05) is 6.92 Å². The maximum atomic E-state index is 11.9. The van der Waals surface area contributed by atoms with E-state index in [-0.39, 0.29) is 0 Å². The van der Waals surface area contributed by atoms with Crippen LogP contribution in [0.5, 0.6) is 0 Å². The zero-order chi connectivity index (χ0) is 5.86. The Morgan fingerprint density at radius 3 is 2.29 bits per heavy atom. The van der Waals surface area contributed by atoms with Gasteiger partial charge in [0.25, 0.3) is 0 Å². The largest absolute Gasteiger partial charge is 0.243 e. The molecule has 0 heterocycles. The summed E-state index contributed by atoms with van der Waals surface area (Å²) in [5, 5.41) is 0. The minimum Gasteiger partial charge on any atom is -0.243 e. The maximum absolute atomic E-state index is 11.9. The van der Waals surface area contributed by atoms with Crippen LogP contribution in [0.1, 0.15) is 13.8 Å². The molecule has 0 aliphatic carbocycles. The molecule has 0 rings (SSSR count). The summed E-state index contributed by atoms with van der Waals surface area (Å²) in [6, 6.07) is 0. The molecule has 0 bridgehead atoms. The first-order chi connectivity index (χ1) is 3.13. The highest BCUT2D eigenvalue weighted by molar-refractivity contribution is 14.1. The van der Waals surface area contributed by atoms with Gasteiger partial charge in [-0.25, -0.2) is 4.39 Å². The summed E-state index contributed by atoms with van der Waals surface area (Å²) in [6.07, 6.45) is 0.775. The van der Waals surface area contributed by atoms with Crippen molar-refractivity contribution in [3.05, 3.63) is 9.66 Å². The van der Waals surface area contributed by atoms with Gasteiger partial charge in [-0.3, -0.25) is 0 Å². The molecule has 0 aromatic rings. The lowest BCUT2D eigenvalue weighted by molar-refractivity contribution is 0.430. The summed E-state index contributed by atoms with van der Waals surface area (Å²) in [4.78, 5) is 0. The van der Waals surface area contributed by atoms with Crippen molar-refractivity contribution in [1.29, 1.82) is 0 Å². The maximum Gasteiger partial charge on any atom is 0.116 e. The van der Waals surface area contributed by atoms with Crippen LogP contribution < -0.4 is 0 Å². The Morgan fingerprint density at radius 1 is 1.86 bits per heavy atom. The number of hydrogen-bond acceptors (Lipinski definition) is 0. The van der Waals surface area contributed by atoms with Gasteiger partial charge in [-0.15, -0.1) is 0 Å². The molecule has 0 nitrogen and oxygen atoms in total. The predicted octanol–water partition coefficient (Wildman–Crippen LogP) is 2.68. The third-order valence-electron chi connectivity index (χ3n) is 0.459. The SMILES string of the molecule is C/C(I)=C/[C@@H](C)F. The van der Waals surface area contributed by atoms with E-state index < -0.39 is 6.17 Å². The van der Waals surface area contributed by atoms with Gasteiger partial charge < -0.3 is 0 Å². The van der Waals surface area contributed by atoms with Crippen LogP contribution in [-0.2, 0) is 0 Å². The Bertz CT molecular complexity index is 72.1. The molecular formula is C5H8FI. The number of halogens is 2. The molecule has 1 atom stereocenters. The molecule has 0 aliphatic rings. The molecule has 42 valence electrons. The fourth-order valence-electron chi connectivity index (χ4n) is 0.316. The summed E-state index contributed by atoms with van der Waals surface area (Å²) >= 11 is 2.08. The van der Waals surface area contributed by atoms with Crippen molar-refractivity contribution in [1.82, 2.24) is 0 Å². The van der Waals surface area contributed by atoms with Gasteiger partial charge in [0.1, 0.15) is 6.17 Å². The van der Waals surface area contributed by atoms with Crippen molar-refractivity contribution < 1.29 is 4.39 Å². The van der Waals surface area contributed by atoms with Crippen molar-refractivity contribution in [2.75, 3.05) is 0 Å². The lowest BCUT2D eigenvalue weighted by Crippen LogP contribution is -1.82. The molecule has 0 saturated carbocycles. The topological polar surface area (TPSA) is 0 Å². The van der Waals surface area contributed by atoms with Gasteiger partial charge in [0.2, 0.25) is 0 Å². The van der Waals surface area contributed by atoms with Crippen LogP contribution in [-0.4, -0.2) is 6.17 Å². The van der Waals surface area contributed by atoms with Gasteiger partial charge >= 0.3 is 0 Å². The molecule has 0 radical (unpaired) electrons. The third-order valence-corrected chi connectivity index (χ3v) is 0.819. The average molecular weight is 214 g/mol. The normalized spacial score (nSPS) is 16.9. The number of rotatable bonds is 1. The smallest absolute Gasteiger partial charge is 0.116 e. The van der Waals surface area contributed by atoms with Gasteiger partial charge in [-0.05, 0) is 46.1 Å². The quantitative estimate of drug-likeness (QED) is 0.588. The van der Waals surface area contributed by atoms with E-state index in [1.54, 1.807) is 6.08 Å². The zero-order valence-corrected chi connectivity index (χ0v) is 6.57. The molecule has 7 heavy (non-hydrogen) atoms. The molecule has 0 saturated heterocycles. The van der Waals surface area contributed by atoms with Crippen molar-refractivity contribution in [2.45, 2.75) is 20.0 Å². The van der Waals surface area contributed by atoms with Crippen LogP contribution in [0.2, 0.25) is 0 Å². The first-order valence-corrected chi connectivity index (χ1v) is 3.19. The second kappa shape index (κ2) is 3.41. The van der Waals surface area contributed by atoms with E-state index in [0.29, 0.717) is 0 Å². The lowest BCUT2D eigenvalue weighted by Gasteiger charge is -1.88. The minimum atomic E-state index is -0.795. The van der Waals surface area contributed by atoms with Gasteiger partial charge in [0, 0.05) is 0 Å². The number of alkyl halides is 1. The zero-order valence-electron chi connectivity index (χ0n) is 4.41. The molecule has 0 N–H and O–H groups in total. The van der Waals surface area contributed by atoms with E-state index >= 15 is 0 Å². The second-order valence-electron chi connectivity index (χ2n) is 1.43. The summed E-state index contributed by atoms with van der Waals surface area (Å²) in [5.74, 6) is 0. The highest BCUT2D eigenvalue weighted by Gasteiger charge is 1.88. The van der Waals surface area contributed by atoms with E-state index in [9.17, 15) is 4.39 Å². The van der Waals surface area contributed by atoms with Crippen molar-refractivity contribution in [3.8, 4) is 0 Å². The monoisotopic (exact) mass is 214 g/mol. The lowest BCUT2D eigenvalue weighted by atomic mass is 10.4. The van der Waals surface area contributed by atoms with E-state index in [1.165, 1.54) is 6.92 Å². The molecule has 0 spiro atoms. The van der Waals surface area contributed by atoms with Crippen molar-refractivity contribution in [2.24, 2.45) is 0 Å². The average Bonchev–Trinajstić information content (AvgIpc) is 1.27. The molecule has 0 aromatic carbocycles. The van der Waals surface area contributed by atoms with Crippen LogP contribution in [0, 0.1) is 0 Å². The van der Waals surface area contributed by atoms with Crippen LogP contribution >= 0.6 is 22.6 Å². The van der Waals surface area contributed by atoms with Crippen molar-refractivity contribution >= 4 is 22.6 Å².